The third-order valence-electron chi connectivity index (χ3n) is 1.83. The fourth-order valence-corrected chi connectivity index (χ4v) is 2.66. The number of nitrogens with two attached hydrogens (primary N) is 1. The van der Waals surface area contributed by atoms with Crippen molar-refractivity contribution >= 4 is 49.1 Å². The molecule has 7 heteroatoms. The van der Waals surface area contributed by atoms with E-state index in [1.165, 1.54) is 0 Å². The summed E-state index contributed by atoms with van der Waals surface area (Å²) in [5.41, 5.74) is 9.45. The number of nitrogens with zero attached hydrogens (tertiary/aromatic N) is 2. The molecule has 1 aromatic rings. The Kier molecular flexibility index (Phi) is 4.66. The first kappa shape index (κ1) is 13.7. The first-order chi connectivity index (χ1) is 7.95. The number of hydrogen-bond donors (Lipinski definition) is 3. The molecule has 0 radical (unpaired) electrons. The van der Waals surface area contributed by atoms with Crippen LogP contribution in [0.15, 0.2) is 26.2 Å². The van der Waals surface area contributed by atoms with Gasteiger partial charge in [-0.05, 0) is 56.5 Å². The molecule has 5 nitrogen and oxygen atoms in total. The van der Waals surface area contributed by atoms with Gasteiger partial charge in [0.15, 0.2) is 5.84 Å². The van der Waals surface area contributed by atoms with Gasteiger partial charge in [0.1, 0.15) is 6.07 Å². The van der Waals surface area contributed by atoms with Gasteiger partial charge in [-0.3, -0.25) is 10.8 Å². The van der Waals surface area contributed by atoms with Crippen LogP contribution in [0, 0.1) is 23.7 Å². The lowest BCUT2D eigenvalue weighted by molar-refractivity contribution is 1.30. The standard InChI is InChI=1S/C10H9Br2N5/c1-5-2-6(11)9(7(12)3-5)17-16-8(4-13)10(14)15/h2-3,17H,1H3,(H3,14,15)/b16-8+. The van der Waals surface area contributed by atoms with Gasteiger partial charge in [0.05, 0.1) is 5.69 Å². The van der Waals surface area contributed by atoms with E-state index in [0.29, 0.717) is 5.69 Å². The molecule has 0 amide bonds. The van der Waals surface area contributed by atoms with Crippen molar-refractivity contribution in [2.45, 2.75) is 6.92 Å². The largest absolute Gasteiger partial charge is 0.382 e. The van der Waals surface area contributed by atoms with E-state index in [1.54, 1.807) is 6.07 Å². The molecule has 0 aromatic heterocycles. The Morgan fingerprint density at radius 2 is 2.00 bits per heavy atom. The number of nitrogens with one attached hydrogen (secondary N) is 2. The van der Waals surface area contributed by atoms with Gasteiger partial charge in [0.2, 0.25) is 5.71 Å². The zero-order chi connectivity index (χ0) is 13.0. The number of rotatable bonds is 3. The summed E-state index contributed by atoms with van der Waals surface area (Å²) in [5.74, 6) is -0.376. The van der Waals surface area contributed by atoms with E-state index in [9.17, 15) is 0 Å². The second kappa shape index (κ2) is 5.80. The topological polar surface area (TPSA) is 98.0 Å². The molecule has 0 atom stereocenters. The second-order valence-corrected chi connectivity index (χ2v) is 4.91. The summed E-state index contributed by atoms with van der Waals surface area (Å²) in [6.45, 7) is 1.96. The lowest BCUT2D eigenvalue weighted by Crippen LogP contribution is -2.21. The third-order valence-corrected chi connectivity index (χ3v) is 3.08. The first-order valence-corrected chi connectivity index (χ1v) is 6.08. The average Bonchev–Trinajstić information content (AvgIpc) is 2.21. The molecule has 0 saturated carbocycles. The maximum Gasteiger partial charge on any atom is 0.201 e. The van der Waals surface area contributed by atoms with E-state index in [0.717, 1.165) is 14.5 Å². The van der Waals surface area contributed by atoms with Crippen LogP contribution in [-0.2, 0) is 0 Å². The van der Waals surface area contributed by atoms with Gasteiger partial charge in [-0.1, -0.05) is 0 Å². The van der Waals surface area contributed by atoms with Crippen LogP contribution in [0.4, 0.5) is 5.69 Å². The second-order valence-electron chi connectivity index (χ2n) is 3.20. The Balaban J connectivity index is 3.05. The number of hydrogen-bond acceptors (Lipinski definition) is 4. The SMILES string of the molecule is Cc1cc(Br)c(N/N=C(\C#N)C(=N)N)c(Br)c1. The molecule has 0 bridgehead atoms. The van der Waals surface area contributed by atoms with Crippen LogP contribution in [0.2, 0.25) is 0 Å². The molecule has 1 aromatic carbocycles. The average molecular weight is 359 g/mol. The van der Waals surface area contributed by atoms with E-state index in [4.69, 9.17) is 16.4 Å². The number of nitriles is 1. The monoisotopic (exact) mass is 357 g/mol. The number of amidine groups is 1. The van der Waals surface area contributed by atoms with Crippen LogP contribution in [0.25, 0.3) is 0 Å². The van der Waals surface area contributed by atoms with Gasteiger partial charge in [0, 0.05) is 8.95 Å². The third kappa shape index (κ3) is 3.54. The van der Waals surface area contributed by atoms with Crippen molar-refractivity contribution in [2.24, 2.45) is 10.8 Å². The smallest absolute Gasteiger partial charge is 0.201 e. The summed E-state index contributed by atoms with van der Waals surface area (Å²) >= 11 is 6.75. The number of halogens is 2. The quantitative estimate of drug-likeness (QED) is 0.440. The molecule has 0 fully saturated rings. The van der Waals surface area contributed by atoms with Crippen molar-refractivity contribution in [1.29, 1.82) is 10.7 Å². The van der Waals surface area contributed by atoms with Crippen LogP contribution < -0.4 is 11.2 Å². The minimum absolute atomic E-state index is 0.163. The maximum absolute atomic E-state index is 8.69. The van der Waals surface area contributed by atoms with Gasteiger partial charge in [0.25, 0.3) is 0 Å². The van der Waals surface area contributed by atoms with Crippen LogP contribution in [0.5, 0.6) is 0 Å². The lowest BCUT2D eigenvalue weighted by atomic mass is 10.2. The molecule has 88 valence electrons. The predicted molar refractivity (Wildman–Crippen MR) is 75.2 cm³/mol. The first-order valence-electron chi connectivity index (χ1n) is 4.49. The van der Waals surface area contributed by atoms with Gasteiger partial charge in [-0.2, -0.15) is 10.4 Å². The predicted octanol–water partition coefficient (Wildman–Crippen LogP) is 2.75. The molecule has 0 aliphatic carbocycles. The molecule has 0 aliphatic heterocycles. The van der Waals surface area contributed by atoms with E-state index < -0.39 is 0 Å². The molecule has 0 spiro atoms. The highest BCUT2D eigenvalue weighted by atomic mass is 79.9. The summed E-state index contributed by atoms with van der Waals surface area (Å²) in [6.07, 6.45) is 0. The molecule has 0 heterocycles. The Labute approximate surface area is 115 Å². The zero-order valence-corrected chi connectivity index (χ0v) is 12.1. The minimum Gasteiger partial charge on any atom is -0.382 e. The Bertz CT molecular complexity index is 507. The summed E-state index contributed by atoms with van der Waals surface area (Å²) in [6, 6.07) is 5.54. The van der Waals surface area contributed by atoms with Gasteiger partial charge in [-0.15, -0.1) is 0 Å². The fraction of sp³-hybridized carbons (Fsp3) is 0.100. The highest BCUT2D eigenvalue weighted by molar-refractivity contribution is 9.11. The van der Waals surface area contributed by atoms with Crippen LogP contribution in [0.1, 0.15) is 5.56 Å². The highest BCUT2D eigenvalue weighted by Crippen LogP contribution is 2.32. The Hall–Kier alpha value is -1.39. The Morgan fingerprint density at radius 1 is 1.47 bits per heavy atom. The zero-order valence-electron chi connectivity index (χ0n) is 8.88. The fourth-order valence-electron chi connectivity index (χ4n) is 1.06. The van der Waals surface area contributed by atoms with Gasteiger partial charge >= 0.3 is 0 Å². The molecule has 1 rings (SSSR count). The molecule has 4 N–H and O–H groups in total. The highest BCUT2D eigenvalue weighted by Gasteiger charge is 2.07. The van der Waals surface area contributed by atoms with E-state index in [-0.39, 0.29) is 11.5 Å². The summed E-state index contributed by atoms with van der Waals surface area (Å²) in [7, 11) is 0. The maximum atomic E-state index is 8.69. The normalized spacial score (nSPS) is 10.8. The van der Waals surface area contributed by atoms with Crippen LogP contribution in [-0.4, -0.2) is 11.5 Å². The molecule has 0 aliphatic rings. The van der Waals surface area contributed by atoms with Crippen molar-refractivity contribution < 1.29 is 0 Å². The van der Waals surface area contributed by atoms with E-state index in [1.807, 2.05) is 19.1 Å². The van der Waals surface area contributed by atoms with Crippen LogP contribution >= 0.6 is 31.9 Å². The summed E-state index contributed by atoms with van der Waals surface area (Å²) in [4.78, 5) is 0. The van der Waals surface area contributed by atoms with Crippen molar-refractivity contribution in [1.82, 2.24) is 0 Å². The van der Waals surface area contributed by atoms with Crippen LogP contribution in [0.3, 0.4) is 0 Å². The molecule has 0 saturated heterocycles. The molecular formula is C10H9Br2N5. The van der Waals surface area contributed by atoms with E-state index in [2.05, 4.69) is 42.4 Å². The minimum atomic E-state index is -0.376. The number of aryl methyl sites for hydroxylation is 1. The number of benzene rings is 1. The van der Waals surface area contributed by atoms with Crippen molar-refractivity contribution in [3.05, 3.63) is 26.6 Å². The Morgan fingerprint density at radius 3 is 2.41 bits per heavy atom. The van der Waals surface area contributed by atoms with Crippen molar-refractivity contribution in [3.8, 4) is 6.07 Å². The van der Waals surface area contributed by atoms with Gasteiger partial charge < -0.3 is 5.73 Å². The van der Waals surface area contributed by atoms with E-state index >= 15 is 0 Å². The van der Waals surface area contributed by atoms with Crippen molar-refractivity contribution in [3.63, 3.8) is 0 Å². The molecular weight excluding hydrogens is 350 g/mol. The summed E-state index contributed by atoms with van der Waals surface area (Å²) in [5, 5.41) is 19.6. The molecule has 0 unspecified atom stereocenters. The molecule has 17 heavy (non-hydrogen) atoms. The van der Waals surface area contributed by atoms with Crippen molar-refractivity contribution in [2.75, 3.05) is 5.43 Å². The van der Waals surface area contributed by atoms with Gasteiger partial charge in [-0.25, -0.2) is 0 Å². The number of anilines is 1. The lowest BCUT2D eigenvalue weighted by Gasteiger charge is -2.08. The summed E-state index contributed by atoms with van der Waals surface area (Å²) < 4.78 is 1.60. The number of hydrazone groups is 1.